The van der Waals surface area contributed by atoms with Gasteiger partial charge in [0, 0.05) is 61.9 Å². The number of piperidine rings is 1. The van der Waals surface area contributed by atoms with Crippen molar-refractivity contribution in [3.63, 3.8) is 0 Å². The summed E-state index contributed by atoms with van der Waals surface area (Å²) in [6.07, 6.45) is 4.66. The van der Waals surface area contributed by atoms with E-state index >= 15 is 0 Å². The fraction of sp³-hybridized carbons (Fsp3) is 0.522. The van der Waals surface area contributed by atoms with E-state index in [1.54, 1.807) is 11.4 Å². The third-order valence-electron chi connectivity index (χ3n) is 6.47. The second kappa shape index (κ2) is 8.41. The predicted molar refractivity (Wildman–Crippen MR) is 120 cm³/mol. The van der Waals surface area contributed by atoms with Gasteiger partial charge in [0.2, 0.25) is 10.0 Å². The molecule has 1 fully saturated rings. The number of aromatic nitrogens is 1. The van der Waals surface area contributed by atoms with Gasteiger partial charge in [0.05, 0.1) is 25.6 Å². The first-order valence-electron chi connectivity index (χ1n) is 10.6. The number of rotatable bonds is 4. The van der Waals surface area contributed by atoms with Gasteiger partial charge in [0.1, 0.15) is 17.1 Å². The molecule has 0 radical (unpaired) electrons. The number of benzene rings is 1. The van der Waals surface area contributed by atoms with Crippen molar-refractivity contribution in [2.24, 2.45) is 0 Å². The number of sulfonamides is 1. The molecule has 8 heteroatoms. The molecule has 1 aromatic heterocycles. The molecular formula is C23H31N3O4S. The van der Waals surface area contributed by atoms with Crippen molar-refractivity contribution in [3.05, 3.63) is 52.8 Å². The Balaban J connectivity index is 1.53. The third-order valence-corrected chi connectivity index (χ3v) is 7.67. The van der Waals surface area contributed by atoms with E-state index in [4.69, 9.17) is 9.47 Å². The van der Waals surface area contributed by atoms with Crippen LogP contribution in [0.15, 0.2) is 30.5 Å². The van der Waals surface area contributed by atoms with Gasteiger partial charge in [-0.1, -0.05) is 18.2 Å². The number of fused-ring (bicyclic) bond motifs is 1. The highest BCUT2D eigenvalue weighted by Gasteiger charge is 2.42. The molecule has 3 heterocycles. The van der Waals surface area contributed by atoms with Crippen LogP contribution in [0.4, 0.5) is 0 Å². The Kier molecular flexibility index (Phi) is 5.98. The summed E-state index contributed by atoms with van der Waals surface area (Å²) < 4.78 is 38.5. The lowest BCUT2D eigenvalue weighted by Crippen LogP contribution is -2.54. The van der Waals surface area contributed by atoms with E-state index in [2.05, 4.69) is 16.8 Å². The van der Waals surface area contributed by atoms with E-state index in [0.29, 0.717) is 13.1 Å². The SMILES string of the molecule is COc1c(C)cnc(CN2CCC3(CC2)CN(S(C)(=O)=O)Cc2ccccc2O3)c1C. The normalized spacial score (nSPS) is 19.5. The van der Waals surface area contributed by atoms with Crippen LogP contribution in [0.25, 0.3) is 0 Å². The highest BCUT2D eigenvalue weighted by molar-refractivity contribution is 7.88. The highest BCUT2D eigenvalue weighted by atomic mass is 32.2. The lowest BCUT2D eigenvalue weighted by molar-refractivity contribution is -0.00776. The van der Waals surface area contributed by atoms with Crippen molar-refractivity contribution in [3.8, 4) is 11.5 Å². The number of nitrogens with zero attached hydrogens (tertiary/aromatic N) is 3. The van der Waals surface area contributed by atoms with Crippen LogP contribution in [-0.2, 0) is 23.1 Å². The van der Waals surface area contributed by atoms with Crippen molar-refractivity contribution in [1.82, 2.24) is 14.2 Å². The first-order chi connectivity index (χ1) is 14.7. The minimum Gasteiger partial charge on any atom is -0.496 e. The van der Waals surface area contributed by atoms with Crippen LogP contribution in [-0.4, -0.2) is 61.2 Å². The summed E-state index contributed by atoms with van der Waals surface area (Å²) in [5.41, 5.74) is 3.53. The van der Waals surface area contributed by atoms with E-state index in [-0.39, 0.29) is 0 Å². The highest BCUT2D eigenvalue weighted by Crippen LogP contribution is 2.36. The van der Waals surface area contributed by atoms with E-state index in [0.717, 1.165) is 66.4 Å². The second-order valence-corrected chi connectivity index (χ2v) is 10.7. The molecule has 2 aliphatic heterocycles. The molecule has 1 aromatic carbocycles. The molecule has 1 saturated heterocycles. The number of methoxy groups -OCH3 is 1. The first-order valence-corrected chi connectivity index (χ1v) is 12.5. The molecule has 31 heavy (non-hydrogen) atoms. The number of pyridine rings is 1. The molecule has 168 valence electrons. The van der Waals surface area contributed by atoms with Crippen molar-refractivity contribution < 1.29 is 17.9 Å². The maximum absolute atomic E-state index is 12.4. The van der Waals surface area contributed by atoms with Gasteiger partial charge in [-0.3, -0.25) is 9.88 Å². The lowest BCUT2D eigenvalue weighted by Gasteiger charge is -2.42. The minimum absolute atomic E-state index is 0.354. The first kappa shape index (κ1) is 22.0. The van der Waals surface area contributed by atoms with Crippen LogP contribution in [0.3, 0.4) is 0 Å². The molecule has 4 rings (SSSR count). The second-order valence-electron chi connectivity index (χ2n) is 8.75. The maximum Gasteiger partial charge on any atom is 0.211 e. The van der Waals surface area contributed by atoms with Crippen LogP contribution in [0.5, 0.6) is 11.5 Å². The monoisotopic (exact) mass is 445 g/mol. The van der Waals surface area contributed by atoms with Crippen LogP contribution in [0, 0.1) is 13.8 Å². The fourth-order valence-corrected chi connectivity index (χ4v) is 5.47. The number of aryl methyl sites for hydroxylation is 1. The zero-order valence-corrected chi connectivity index (χ0v) is 19.5. The van der Waals surface area contributed by atoms with Gasteiger partial charge in [0.15, 0.2) is 0 Å². The molecule has 7 nitrogen and oxygen atoms in total. The molecule has 1 spiro atoms. The van der Waals surface area contributed by atoms with Gasteiger partial charge < -0.3 is 9.47 Å². The summed E-state index contributed by atoms with van der Waals surface area (Å²) in [6.45, 7) is 7.16. The Labute approximate surface area is 185 Å². The summed E-state index contributed by atoms with van der Waals surface area (Å²) in [5, 5.41) is 0. The van der Waals surface area contributed by atoms with Crippen molar-refractivity contribution >= 4 is 10.0 Å². The van der Waals surface area contributed by atoms with E-state index in [9.17, 15) is 8.42 Å². The van der Waals surface area contributed by atoms with Crippen molar-refractivity contribution in [2.75, 3.05) is 33.0 Å². The molecule has 0 amide bonds. The quantitative estimate of drug-likeness (QED) is 0.721. The van der Waals surface area contributed by atoms with Crippen LogP contribution in [0.1, 0.15) is 35.2 Å². The molecular weight excluding hydrogens is 414 g/mol. The van der Waals surface area contributed by atoms with Gasteiger partial charge >= 0.3 is 0 Å². The van der Waals surface area contributed by atoms with Gasteiger partial charge in [-0.25, -0.2) is 8.42 Å². The Morgan fingerprint density at radius 1 is 1.19 bits per heavy atom. The molecule has 0 atom stereocenters. The smallest absolute Gasteiger partial charge is 0.211 e. The third kappa shape index (κ3) is 4.56. The summed E-state index contributed by atoms with van der Waals surface area (Å²) in [7, 11) is -1.64. The summed E-state index contributed by atoms with van der Waals surface area (Å²) >= 11 is 0. The largest absolute Gasteiger partial charge is 0.496 e. The molecule has 0 unspecified atom stereocenters. The summed E-state index contributed by atoms with van der Waals surface area (Å²) in [5.74, 6) is 1.69. The number of para-hydroxylation sites is 1. The zero-order valence-electron chi connectivity index (χ0n) is 18.7. The standard InChI is InChI=1S/C23H31N3O4S/c1-17-13-24-20(18(2)22(17)29-3)15-25-11-9-23(10-12-25)16-26(31(4,27)28)14-19-7-5-6-8-21(19)30-23/h5-8,13H,9-12,14-16H2,1-4H3. The number of hydrogen-bond donors (Lipinski definition) is 0. The topological polar surface area (TPSA) is 72.0 Å². The molecule has 2 aliphatic rings. The molecule has 2 aromatic rings. The Hall–Kier alpha value is -2.16. The fourth-order valence-electron chi connectivity index (χ4n) is 4.62. The predicted octanol–water partition coefficient (Wildman–Crippen LogP) is 2.90. The lowest BCUT2D eigenvalue weighted by atomic mass is 9.90. The molecule has 0 saturated carbocycles. The average Bonchev–Trinajstić information content (AvgIpc) is 2.89. The molecule has 0 N–H and O–H groups in total. The van der Waals surface area contributed by atoms with Crippen molar-refractivity contribution in [2.45, 2.75) is 45.4 Å². The maximum atomic E-state index is 12.4. The Morgan fingerprint density at radius 3 is 2.58 bits per heavy atom. The van der Waals surface area contributed by atoms with Gasteiger partial charge in [0.25, 0.3) is 0 Å². The van der Waals surface area contributed by atoms with Crippen LogP contribution < -0.4 is 9.47 Å². The Morgan fingerprint density at radius 2 is 1.90 bits per heavy atom. The van der Waals surface area contributed by atoms with Crippen LogP contribution >= 0.6 is 0 Å². The number of likely N-dealkylation sites (tertiary alicyclic amines) is 1. The summed E-state index contributed by atoms with van der Waals surface area (Å²) in [4.78, 5) is 6.99. The minimum atomic E-state index is -3.33. The van der Waals surface area contributed by atoms with Gasteiger partial charge in [-0.2, -0.15) is 4.31 Å². The van der Waals surface area contributed by atoms with Crippen molar-refractivity contribution in [1.29, 1.82) is 0 Å². The van der Waals surface area contributed by atoms with E-state index < -0.39 is 15.6 Å². The average molecular weight is 446 g/mol. The zero-order chi connectivity index (χ0) is 22.2. The van der Waals surface area contributed by atoms with Gasteiger partial charge in [-0.15, -0.1) is 0 Å². The summed E-state index contributed by atoms with van der Waals surface area (Å²) in [6, 6.07) is 7.76. The Bertz CT molecular complexity index is 1060. The number of hydrogen-bond acceptors (Lipinski definition) is 6. The van der Waals surface area contributed by atoms with Gasteiger partial charge in [-0.05, 0) is 19.9 Å². The van der Waals surface area contributed by atoms with E-state index in [1.807, 2.05) is 37.4 Å². The molecule has 0 bridgehead atoms. The van der Waals surface area contributed by atoms with Crippen LogP contribution in [0.2, 0.25) is 0 Å². The molecule has 0 aliphatic carbocycles. The number of ether oxygens (including phenoxy) is 2. The van der Waals surface area contributed by atoms with E-state index in [1.165, 1.54) is 6.26 Å².